The summed E-state index contributed by atoms with van der Waals surface area (Å²) in [7, 11) is 0. The van der Waals surface area contributed by atoms with Crippen LogP contribution < -0.4 is 11.3 Å². The molecule has 0 saturated heterocycles. The second-order valence-electron chi connectivity index (χ2n) is 4.96. The fourth-order valence-corrected chi connectivity index (χ4v) is 2.16. The van der Waals surface area contributed by atoms with Crippen LogP contribution in [0.4, 0.5) is 10.2 Å². The lowest BCUT2D eigenvalue weighted by molar-refractivity contribution is 0.513. The Morgan fingerprint density at radius 1 is 1.42 bits per heavy atom. The van der Waals surface area contributed by atoms with Gasteiger partial charge in [-0.25, -0.2) is 20.2 Å². The summed E-state index contributed by atoms with van der Waals surface area (Å²) in [5, 5.41) is 0. The maximum atomic E-state index is 13.6. The number of furan rings is 1. The molecule has 1 aliphatic carbocycles. The Morgan fingerprint density at radius 3 is 2.79 bits per heavy atom. The Bertz CT molecular complexity index is 625. The smallest absolute Gasteiger partial charge is 0.198 e. The van der Waals surface area contributed by atoms with Gasteiger partial charge in [-0.05, 0) is 31.4 Å². The van der Waals surface area contributed by atoms with E-state index in [9.17, 15) is 4.39 Å². The SMILES string of the molecule is Cc1nc(-c2ccc(C3CC3C)o2)nc(NN)c1F. The number of aryl methyl sites for hydroxylation is 1. The van der Waals surface area contributed by atoms with Crippen molar-refractivity contribution < 1.29 is 8.81 Å². The third-order valence-corrected chi connectivity index (χ3v) is 3.48. The normalized spacial score (nSPS) is 21.5. The van der Waals surface area contributed by atoms with Gasteiger partial charge in [0.25, 0.3) is 0 Å². The van der Waals surface area contributed by atoms with Crippen molar-refractivity contribution in [3.8, 4) is 11.6 Å². The minimum absolute atomic E-state index is 0.0276. The van der Waals surface area contributed by atoms with E-state index in [1.807, 2.05) is 12.1 Å². The molecule has 2 heterocycles. The van der Waals surface area contributed by atoms with E-state index in [2.05, 4.69) is 22.3 Å². The van der Waals surface area contributed by atoms with E-state index < -0.39 is 5.82 Å². The maximum Gasteiger partial charge on any atom is 0.198 e. The van der Waals surface area contributed by atoms with Crippen LogP contribution in [0, 0.1) is 18.7 Å². The molecule has 2 unspecified atom stereocenters. The van der Waals surface area contributed by atoms with Crippen molar-refractivity contribution in [3.63, 3.8) is 0 Å². The number of hydrogen-bond acceptors (Lipinski definition) is 5. The molecule has 0 aromatic carbocycles. The van der Waals surface area contributed by atoms with Gasteiger partial charge in [-0.1, -0.05) is 6.92 Å². The lowest BCUT2D eigenvalue weighted by atomic mass is 10.3. The van der Waals surface area contributed by atoms with E-state index in [0.717, 1.165) is 12.2 Å². The first-order valence-electron chi connectivity index (χ1n) is 6.21. The monoisotopic (exact) mass is 262 g/mol. The third-order valence-electron chi connectivity index (χ3n) is 3.48. The number of hydrogen-bond donors (Lipinski definition) is 2. The van der Waals surface area contributed by atoms with E-state index in [4.69, 9.17) is 10.3 Å². The van der Waals surface area contributed by atoms with Crippen molar-refractivity contribution in [2.75, 3.05) is 5.43 Å². The second-order valence-corrected chi connectivity index (χ2v) is 4.96. The predicted molar refractivity (Wildman–Crippen MR) is 68.8 cm³/mol. The standard InChI is InChI=1S/C13H15FN4O/c1-6-5-8(6)9-3-4-10(19-9)12-16-7(2)11(14)13(17-12)18-15/h3-4,6,8H,5,15H2,1-2H3,(H,16,17,18). The largest absolute Gasteiger partial charge is 0.457 e. The van der Waals surface area contributed by atoms with Gasteiger partial charge in [0, 0.05) is 5.92 Å². The van der Waals surface area contributed by atoms with Crippen LogP contribution in [0.3, 0.4) is 0 Å². The van der Waals surface area contributed by atoms with Crippen LogP contribution in [0.15, 0.2) is 16.5 Å². The number of halogens is 1. The van der Waals surface area contributed by atoms with Gasteiger partial charge in [-0.2, -0.15) is 0 Å². The van der Waals surface area contributed by atoms with Crippen LogP contribution in [0.1, 0.15) is 30.7 Å². The van der Waals surface area contributed by atoms with Crippen LogP contribution in [0.2, 0.25) is 0 Å². The highest BCUT2D eigenvalue weighted by molar-refractivity contribution is 5.52. The molecule has 2 aromatic heterocycles. The van der Waals surface area contributed by atoms with E-state index in [-0.39, 0.29) is 11.5 Å². The van der Waals surface area contributed by atoms with Gasteiger partial charge in [-0.3, -0.25) is 0 Å². The average Bonchev–Trinajstić information content (AvgIpc) is 2.93. The molecular weight excluding hydrogens is 247 g/mol. The number of nitrogens with zero attached hydrogens (tertiary/aromatic N) is 2. The molecule has 0 amide bonds. The second kappa shape index (κ2) is 4.31. The molecule has 3 N–H and O–H groups in total. The average molecular weight is 262 g/mol. The summed E-state index contributed by atoms with van der Waals surface area (Å²) < 4.78 is 19.3. The molecule has 2 aromatic rings. The number of nitrogen functional groups attached to an aromatic ring is 1. The quantitative estimate of drug-likeness (QED) is 0.656. The molecule has 1 saturated carbocycles. The Labute approximate surface area is 110 Å². The van der Waals surface area contributed by atoms with E-state index in [0.29, 0.717) is 23.4 Å². The summed E-state index contributed by atoms with van der Waals surface area (Å²) in [5.41, 5.74) is 2.46. The number of nitrogens with two attached hydrogens (primary N) is 1. The van der Waals surface area contributed by atoms with Gasteiger partial charge in [0.1, 0.15) is 5.76 Å². The first kappa shape index (κ1) is 12.1. The molecule has 1 aliphatic rings. The molecule has 0 bridgehead atoms. The molecule has 3 rings (SSSR count). The summed E-state index contributed by atoms with van der Waals surface area (Å²) in [4.78, 5) is 8.11. The molecule has 6 heteroatoms. The molecule has 0 radical (unpaired) electrons. The van der Waals surface area contributed by atoms with Gasteiger partial charge in [-0.15, -0.1) is 0 Å². The molecule has 100 valence electrons. The van der Waals surface area contributed by atoms with Gasteiger partial charge >= 0.3 is 0 Å². The highest BCUT2D eigenvalue weighted by atomic mass is 19.1. The number of aromatic nitrogens is 2. The van der Waals surface area contributed by atoms with Crippen molar-refractivity contribution >= 4 is 5.82 Å². The number of rotatable bonds is 3. The summed E-state index contributed by atoms with van der Waals surface area (Å²) >= 11 is 0. The van der Waals surface area contributed by atoms with Crippen LogP contribution >= 0.6 is 0 Å². The van der Waals surface area contributed by atoms with Crippen LogP contribution in [0.5, 0.6) is 0 Å². The van der Waals surface area contributed by atoms with Crippen molar-refractivity contribution in [1.82, 2.24) is 9.97 Å². The topological polar surface area (TPSA) is 77.0 Å². The third kappa shape index (κ3) is 2.08. The summed E-state index contributed by atoms with van der Waals surface area (Å²) in [6, 6.07) is 3.74. The molecular formula is C13H15FN4O. The fourth-order valence-electron chi connectivity index (χ4n) is 2.16. The Hall–Kier alpha value is -1.95. The molecule has 19 heavy (non-hydrogen) atoms. The van der Waals surface area contributed by atoms with Crippen LogP contribution in [0.25, 0.3) is 11.6 Å². The Morgan fingerprint density at radius 2 is 2.16 bits per heavy atom. The first-order valence-corrected chi connectivity index (χ1v) is 6.21. The van der Waals surface area contributed by atoms with Crippen molar-refractivity contribution in [1.29, 1.82) is 0 Å². The Balaban J connectivity index is 1.97. The van der Waals surface area contributed by atoms with Crippen LogP contribution in [-0.4, -0.2) is 9.97 Å². The van der Waals surface area contributed by atoms with Crippen molar-refractivity contribution in [3.05, 3.63) is 29.4 Å². The van der Waals surface area contributed by atoms with Gasteiger partial charge in [0.15, 0.2) is 23.2 Å². The lowest BCUT2D eigenvalue weighted by Gasteiger charge is -2.05. The highest BCUT2D eigenvalue weighted by Crippen LogP contribution is 2.47. The fraction of sp³-hybridized carbons (Fsp3) is 0.385. The maximum absolute atomic E-state index is 13.6. The molecule has 2 atom stereocenters. The van der Waals surface area contributed by atoms with Crippen molar-refractivity contribution in [2.45, 2.75) is 26.2 Å². The summed E-state index contributed by atoms with van der Waals surface area (Å²) in [6.07, 6.45) is 1.14. The van der Waals surface area contributed by atoms with E-state index >= 15 is 0 Å². The van der Waals surface area contributed by atoms with Gasteiger partial charge < -0.3 is 9.84 Å². The Kier molecular flexibility index (Phi) is 2.74. The zero-order valence-corrected chi connectivity index (χ0v) is 10.8. The minimum Gasteiger partial charge on any atom is -0.457 e. The first-order chi connectivity index (χ1) is 9.10. The summed E-state index contributed by atoms with van der Waals surface area (Å²) in [6.45, 7) is 3.75. The minimum atomic E-state index is -0.547. The molecule has 5 nitrogen and oxygen atoms in total. The number of anilines is 1. The molecule has 0 spiro atoms. The lowest BCUT2D eigenvalue weighted by Crippen LogP contribution is -2.12. The van der Waals surface area contributed by atoms with E-state index in [1.165, 1.54) is 0 Å². The molecule has 0 aliphatic heterocycles. The zero-order valence-electron chi connectivity index (χ0n) is 10.8. The van der Waals surface area contributed by atoms with Crippen molar-refractivity contribution in [2.24, 2.45) is 11.8 Å². The van der Waals surface area contributed by atoms with Gasteiger partial charge in [0.05, 0.1) is 5.69 Å². The van der Waals surface area contributed by atoms with E-state index in [1.54, 1.807) is 6.92 Å². The summed E-state index contributed by atoms with van der Waals surface area (Å²) in [5.74, 6) is 7.63. The highest BCUT2D eigenvalue weighted by Gasteiger charge is 2.36. The van der Waals surface area contributed by atoms with Crippen LogP contribution in [-0.2, 0) is 0 Å². The molecule has 1 fully saturated rings. The predicted octanol–water partition coefficient (Wildman–Crippen LogP) is 2.59. The number of nitrogens with one attached hydrogen (secondary N) is 1. The van der Waals surface area contributed by atoms with Gasteiger partial charge in [0.2, 0.25) is 0 Å². The number of hydrazine groups is 1. The zero-order chi connectivity index (χ0) is 13.6.